The quantitative estimate of drug-likeness (QED) is 0.655. The number of carbonyl (C=O) groups excluding carboxylic acids is 1. The van der Waals surface area contributed by atoms with E-state index in [1.165, 1.54) is 18.2 Å². The molecule has 3 aromatic rings. The van der Waals surface area contributed by atoms with E-state index in [2.05, 4.69) is 10.3 Å². The van der Waals surface area contributed by atoms with E-state index in [0.29, 0.717) is 16.9 Å². The fourth-order valence-electron chi connectivity index (χ4n) is 2.27. The summed E-state index contributed by atoms with van der Waals surface area (Å²) in [6.07, 6.45) is -4.77. The van der Waals surface area contributed by atoms with E-state index in [0.717, 1.165) is 0 Å². The first-order chi connectivity index (χ1) is 12.4. The Labute approximate surface area is 150 Å². The van der Waals surface area contributed by atoms with Crippen molar-refractivity contribution in [1.82, 2.24) is 10.3 Å². The summed E-state index contributed by atoms with van der Waals surface area (Å²) in [7, 11) is 0. The minimum absolute atomic E-state index is 0.0916. The van der Waals surface area contributed by atoms with Crippen LogP contribution in [-0.2, 0) is 12.7 Å². The van der Waals surface area contributed by atoms with Crippen LogP contribution < -0.4 is 5.32 Å². The topological polar surface area (TPSA) is 42.0 Å². The summed E-state index contributed by atoms with van der Waals surface area (Å²) in [6, 6.07) is 14.0. The second-order valence-corrected chi connectivity index (χ2v) is 6.33. The maximum Gasteiger partial charge on any atom is 0.435 e. The van der Waals surface area contributed by atoms with Gasteiger partial charge in [-0.15, -0.1) is 11.3 Å². The zero-order chi connectivity index (χ0) is 18.7. The first-order valence-electron chi connectivity index (χ1n) is 7.51. The Balaban J connectivity index is 1.89. The lowest BCUT2D eigenvalue weighted by atomic mass is 10.2. The van der Waals surface area contributed by atoms with Gasteiger partial charge in [0.25, 0.3) is 5.91 Å². The van der Waals surface area contributed by atoms with Gasteiger partial charge in [-0.3, -0.25) is 4.79 Å². The van der Waals surface area contributed by atoms with Crippen LogP contribution in [0.1, 0.15) is 20.9 Å². The summed E-state index contributed by atoms with van der Waals surface area (Å²) in [5.74, 6) is -1.49. The number of hydrogen-bond donors (Lipinski definition) is 1. The van der Waals surface area contributed by atoms with Gasteiger partial charge >= 0.3 is 6.18 Å². The van der Waals surface area contributed by atoms with Crippen molar-refractivity contribution >= 4 is 17.2 Å². The number of alkyl halides is 3. The molecule has 0 aliphatic rings. The monoisotopic (exact) mass is 380 g/mol. The number of aromatic nitrogens is 1. The molecule has 0 spiro atoms. The van der Waals surface area contributed by atoms with Crippen molar-refractivity contribution in [3.63, 3.8) is 0 Å². The molecule has 3 rings (SSSR count). The smallest absolute Gasteiger partial charge is 0.347 e. The van der Waals surface area contributed by atoms with Gasteiger partial charge in [0.2, 0.25) is 0 Å². The van der Waals surface area contributed by atoms with Gasteiger partial charge in [0.05, 0.1) is 0 Å². The van der Waals surface area contributed by atoms with Crippen molar-refractivity contribution in [2.45, 2.75) is 12.7 Å². The minimum atomic E-state index is -4.77. The lowest BCUT2D eigenvalue weighted by molar-refractivity contribution is -0.141. The number of carbonyl (C=O) groups is 1. The molecule has 26 heavy (non-hydrogen) atoms. The van der Waals surface area contributed by atoms with Gasteiger partial charge in [0.1, 0.15) is 15.7 Å². The molecule has 0 saturated heterocycles. The second-order valence-electron chi connectivity index (χ2n) is 5.33. The van der Waals surface area contributed by atoms with E-state index >= 15 is 0 Å². The number of nitrogens with one attached hydrogen (secondary N) is 1. The summed E-state index contributed by atoms with van der Waals surface area (Å²) in [5, 5.41) is 2.42. The molecular formula is C18H12F4N2OS. The summed E-state index contributed by atoms with van der Waals surface area (Å²) in [5.41, 5.74) is -0.578. The summed E-state index contributed by atoms with van der Waals surface area (Å²) in [6.45, 7) is -0.221. The van der Waals surface area contributed by atoms with Crippen LogP contribution in [0, 0.1) is 5.82 Å². The summed E-state index contributed by atoms with van der Waals surface area (Å²) < 4.78 is 53.4. The largest absolute Gasteiger partial charge is 0.435 e. The molecule has 0 fully saturated rings. The van der Waals surface area contributed by atoms with Crippen molar-refractivity contribution in [3.05, 3.63) is 76.5 Å². The number of amides is 1. The van der Waals surface area contributed by atoms with Crippen molar-refractivity contribution in [1.29, 1.82) is 0 Å². The average molecular weight is 380 g/mol. The first-order valence-corrected chi connectivity index (χ1v) is 8.33. The molecule has 0 unspecified atom stereocenters. The van der Waals surface area contributed by atoms with Gasteiger partial charge in [-0.2, -0.15) is 13.2 Å². The molecule has 0 atom stereocenters. The Morgan fingerprint density at radius 1 is 1.04 bits per heavy atom. The third-order valence-electron chi connectivity index (χ3n) is 3.52. The molecular weight excluding hydrogens is 368 g/mol. The van der Waals surface area contributed by atoms with E-state index < -0.39 is 28.5 Å². The van der Waals surface area contributed by atoms with Crippen LogP contribution in [-0.4, -0.2) is 10.9 Å². The van der Waals surface area contributed by atoms with Crippen LogP contribution in [0.3, 0.4) is 0 Å². The highest BCUT2D eigenvalue weighted by Gasteiger charge is 2.39. The van der Waals surface area contributed by atoms with Crippen LogP contribution in [0.2, 0.25) is 0 Å². The molecule has 1 aromatic heterocycles. The maximum absolute atomic E-state index is 13.6. The number of benzene rings is 2. The highest BCUT2D eigenvalue weighted by Crippen LogP contribution is 2.37. The number of hydrogen-bond acceptors (Lipinski definition) is 3. The van der Waals surface area contributed by atoms with Crippen LogP contribution in [0.15, 0.2) is 54.6 Å². The van der Waals surface area contributed by atoms with Gasteiger partial charge in [0.15, 0.2) is 5.69 Å². The van der Waals surface area contributed by atoms with E-state index in [4.69, 9.17) is 0 Å². The van der Waals surface area contributed by atoms with Gasteiger partial charge in [-0.25, -0.2) is 9.37 Å². The molecule has 0 aliphatic carbocycles. The summed E-state index contributed by atoms with van der Waals surface area (Å²) >= 11 is 0.650. The standard InChI is InChI=1S/C18H12F4N2OS/c19-13-9-5-4-8-12(13)10-23-16(25)14-15(18(20,21)22)24-17(26-14)11-6-2-1-3-7-11/h1-9H,10H2,(H,23,25). The Morgan fingerprint density at radius 2 is 1.69 bits per heavy atom. The van der Waals surface area contributed by atoms with Crippen LogP contribution in [0.25, 0.3) is 10.6 Å². The Morgan fingerprint density at radius 3 is 2.35 bits per heavy atom. The molecule has 1 amide bonds. The molecule has 0 aliphatic heterocycles. The van der Waals surface area contributed by atoms with E-state index in [9.17, 15) is 22.4 Å². The van der Waals surface area contributed by atoms with Gasteiger partial charge < -0.3 is 5.32 Å². The van der Waals surface area contributed by atoms with Crippen LogP contribution in [0.5, 0.6) is 0 Å². The predicted octanol–water partition coefficient (Wildman–Crippen LogP) is 4.90. The highest BCUT2D eigenvalue weighted by molar-refractivity contribution is 7.17. The first kappa shape index (κ1) is 18.1. The van der Waals surface area contributed by atoms with E-state index in [-0.39, 0.29) is 17.1 Å². The van der Waals surface area contributed by atoms with Gasteiger partial charge in [0, 0.05) is 17.7 Å². The number of thiazole rings is 1. The van der Waals surface area contributed by atoms with Crippen molar-refractivity contribution in [2.75, 3.05) is 0 Å². The molecule has 134 valence electrons. The fraction of sp³-hybridized carbons (Fsp3) is 0.111. The lowest BCUT2D eigenvalue weighted by Gasteiger charge is -2.08. The van der Waals surface area contributed by atoms with Crippen molar-refractivity contribution in [2.24, 2.45) is 0 Å². The molecule has 0 saturated carbocycles. The Bertz CT molecular complexity index is 922. The summed E-state index contributed by atoms with van der Waals surface area (Å²) in [4.78, 5) is 15.3. The number of halogens is 4. The molecule has 0 radical (unpaired) electrons. The van der Waals surface area contributed by atoms with Gasteiger partial charge in [-0.05, 0) is 6.07 Å². The van der Waals surface area contributed by atoms with Crippen LogP contribution in [0.4, 0.5) is 17.6 Å². The molecule has 1 heterocycles. The zero-order valence-corrected chi connectivity index (χ0v) is 14.0. The zero-order valence-electron chi connectivity index (χ0n) is 13.2. The van der Waals surface area contributed by atoms with Gasteiger partial charge in [-0.1, -0.05) is 48.5 Å². The fourth-order valence-corrected chi connectivity index (χ4v) is 3.28. The Hall–Kier alpha value is -2.74. The predicted molar refractivity (Wildman–Crippen MR) is 90.1 cm³/mol. The third kappa shape index (κ3) is 3.91. The molecule has 2 aromatic carbocycles. The number of nitrogens with zero attached hydrogens (tertiary/aromatic N) is 1. The lowest BCUT2D eigenvalue weighted by Crippen LogP contribution is -2.25. The maximum atomic E-state index is 13.6. The number of rotatable bonds is 4. The van der Waals surface area contributed by atoms with E-state index in [1.54, 1.807) is 36.4 Å². The molecule has 3 nitrogen and oxygen atoms in total. The van der Waals surface area contributed by atoms with E-state index in [1.807, 2.05) is 0 Å². The molecule has 0 bridgehead atoms. The third-order valence-corrected chi connectivity index (χ3v) is 4.62. The van der Waals surface area contributed by atoms with Crippen molar-refractivity contribution in [3.8, 4) is 10.6 Å². The second kappa shape index (κ2) is 7.25. The van der Waals surface area contributed by atoms with Crippen LogP contribution >= 0.6 is 11.3 Å². The highest BCUT2D eigenvalue weighted by atomic mass is 32.1. The molecule has 8 heteroatoms. The normalized spacial score (nSPS) is 11.4. The average Bonchev–Trinajstić information content (AvgIpc) is 3.07. The SMILES string of the molecule is O=C(NCc1ccccc1F)c1sc(-c2ccccc2)nc1C(F)(F)F. The Kier molecular flexibility index (Phi) is 5.03. The minimum Gasteiger partial charge on any atom is -0.347 e. The van der Waals surface area contributed by atoms with Crippen molar-refractivity contribution < 1.29 is 22.4 Å². The molecule has 1 N–H and O–H groups in total.